The molecule has 9 heteroatoms. The Balaban J connectivity index is 1.30. The largest absolute Gasteiger partial charge is 0.497 e. The number of nitrogens with zero attached hydrogens (tertiary/aromatic N) is 4. The summed E-state index contributed by atoms with van der Waals surface area (Å²) in [6.45, 7) is 0. The molecule has 2 aromatic heterocycles. The van der Waals surface area contributed by atoms with Crippen molar-refractivity contribution in [3.63, 3.8) is 0 Å². The average Bonchev–Trinajstić information content (AvgIpc) is 3.33. The SMILES string of the molecule is COc1ccc(C(=O)Nc2ccc(Nc3ncc4cnn(-c5ccc(OC)cc5)c4n3)cc2)cc1. The molecule has 2 heterocycles. The molecule has 5 rings (SSSR count). The van der Waals surface area contributed by atoms with Crippen molar-refractivity contribution in [2.75, 3.05) is 24.9 Å². The summed E-state index contributed by atoms with van der Waals surface area (Å²) in [4.78, 5) is 21.5. The zero-order valence-corrected chi connectivity index (χ0v) is 19.1. The number of aromatic nitrogens is 4. The summed E-state index contributed by atoms with van der Waals surface area (Å²) in [7, 11) is 3.22. The van der Waals surface area contributed by atoms with Crippen LogP contribution in [0.5, 0.6) is 11.5 Å². The van der Waals surface area contributed by atoms with Gasteiger partial charge in [0.15, 0.2) is 5.65 Å². The van der Waals surface area contributed by atoms with Gasteiger partial charge < -0.3 is 20.1 Å². The Morgan fingerprint density at radius 2 is 1.43 bits per heavy atom. The number of hydrogen-bond donors (Lipinski definition) is 2. The van der Waals surface area contributed by atoms with Gasteiger partial charge in [-0.3, -0.25) is 4.79 Å². The van der Waals surface area contributed by atoms with Gasteiger partial charge >= 0.3 is 0 Å². The van der Waals surface area contributed by atoms with Gasteiger partial charge in [0.05, 0.1) is 31.5 Å². The van der Waals surface area contributed by atoms with Crippen LogP contribution in [0.3, 0.4) is 0 Å². The van der Waals surface area contributed by atoms with Crippen LogP contribution in [-0.2, 0) is 0 Å². The number of carbonyl (C=O) groups excluding carboxylic acids is 1. The van der Waals surface area contributed by atoms with Gasteiger partial charge in [-0.05, 0) is 72.8 Å². The highest BCUT2D eigenvalue weighted by Crippen LogP contribution is 2.22. The lowest BCUT2D eigenvalue weighted by atomic mass is 10.2. The van der Waals surface area contributed by atoms with Crippen molar-refractivity contribution in [1.82, 2.24) is 19.7 Å². The Kier molecular flexibility index (Phi) is 5.96. The first kappa shape index (κ1) is 21.9. The van der Waals surface area contributed by atoms with Gasteiger partial charge in [-0.2, -0.15) is 10.1 Å². The second-order valence-electron chi connectivity index (χ2n) is 7.61. The van der Waals surface area contributed by atoms with E-state index in [4.69, 9.17) is 9.47 Å². The molecule has 0 aliphatic carbocycles. The highest BCUT2D eigenvalue weighted by molar-refractivity contribution is 6.04. The fourth-order valence-corrected chi connectivity index (χ4v) is 3.50. The standard InChI is InChI=1S/C26H22N6O3/c1-34-22-11-3-17(4-12-22)25(33)29-19-5-7-20(8-6-19)30-26-27-15-18-16-28-32(24(18)31-26)21-9-13-23(35-2)14-10-21/h3-16H,1-2H3,(H,29,33)(H,27,30,31). The van der Waals surface area contributed by atoms with E-state index < -0.39 is 0 Å². The van der Waals surface area contributed by atoms with Gasteiger partial charge in [0.2, 0.25) is 5.95 Å². The summed E-state index contributed by atoms with van der Waals surface area (Å²) in [5.74, 6) is 1.70. The molecule has 1 amide bonds. The summed E-state index contributed by atoms with van der Waals surface area (Å²) < 4.78 is 12.1. The fraction of sp³-hybridized carbons (Fsp3) is 0.0769. The van der Waals surface area contributed by atoms with E-state index in [-0.39, 0.29) is 5.91 Å². The summed E-state index contributed by atoms with van der Waals surface area (Å²) in [5.41, 5.74) is 3.54. The van der Waals surface area contributed by atoms with E-state index in [0.717, 1.165) is 22.5 Å². The molecule has 0 spiro atoms. The van der Waals surface area contributed by atoms with Crippen LogP contribution >= 0.6 is 0 Å². The summed E-state index contributed by atoms with van der Waals surface area (Å²) in [6, 6.07) is 21.8. The van der Waals surface area contributed by atoms with E-state index >= 15 is 0 Å². The third-order valence-corrected chi connectivity index (χ3v) is 5.38. The summed E-state index contributed by atoms with van der Waals surface area (Å²) in [6.07, 6.45) is 3.45. The second kappa shape index (κ2) is 9.52. The van der Waals surface area contributed by atoms with E-state index in [2.05, 4.69) is 25.7 Å². The predicted octanol–water partition coefficient (Wildman–Crippen LogP) is 4.83. The minimum atomic E-state index is -0.200. The lowest BCUT2D eigenvalue weighted by molar-refractivity contribution is 0.102. The summed E-state index contributed by atoms with van der Waals surface area (Å²) >= 11 is 0. The normalized spacial score (nSPS) is 10.7. The van der Waals surface area contributed by atoms with E-state index in [1.807, 2.05) is 48.5 Å². The topological polar surface area (TPSA) is 103 Å². The van der Waals surface area contributed by atoms with Crippen LogP contribution in [0.1, 0.15) is 10.4 Å². The minimum Gasteiger partial charge on any atom is -0.497 e. The number of benzene rings is 3. The summed E-state index contributed by atoms with van der Waals surface area (Å²) in [5, 5.41) is 11.3. The quantitative estimate of drug-likeness (QED) is 0.354. The number of anilines is 3. The first-order valence-corrected chi connectivity index (χ1v) is 10.8. The third kappa shape index (κ3) is 4.74. The molecule has 174 valence electrons. The lowest BCUT2D eigenvalue weighted by Crippen LogP contribution is -2.11. The Bertz CT molecular complexity index is 1460. The molecular formula is C26H22N6O3. The van der Waals surface area contributed by atoms with E-state index in [1.54, 1.807) is 55.6 Å². The molecule has 2 N–H and O–H groups in total. The van der Waals surface area contributed by atoms with Gasteiger partial charge in [-0.1, -0.05) is 0 Å². The molecule has 9 nitrogen and oxygen atoms in total. The zero-order valence-electron chi connectivity index (χ0n) is 19.1. The van der Waals surface area contributed by atoms with Crippen molar-refractivity contribution < 1.29 is 14.3 Å². The van der Waals surface area contributed by atoms with Crippen LogP contribution in [0.4, 0.5) is 17.3 Å². The molecule has 0 saturated heterocycles. The Morgan fingerprint density at radius 3 is 2.09 bits per heavy atom. The van der Waals surface area contributed by atoms with E-state index in [9.17, 15) is 4.79 Å². The minimum absolute atomic E-state index is 0.200. The second-order valence-corrected chi connectivity index (χ2v) is 7.61. The average molecular weight is 467 g/mol. The highest BCUT2D eigenvalue weighted by atomic mass is 16.5. The van der Waals surface area contributed by atoms with Crippen molar-refractivity contribution in [3.05, 3.63) is 90.8 Å². The smallest absolute Gasteiger partial charge is 0.255 e. The molecule has 0 saturated carbocycles. The van der Waals surface area contributed by atoms with Crippen LogP contribution in [-0.4, -0.2) is 39.9 Å². The molecule has 3 aromatic carbocycles. The van der Waals surface area contributed by atoms with Crippen molar-refractivity contribution in [1.29, 1.82) is 0 Å². The number of nitrogens with one attached hydrogen (secondary N) is 2. The van der Waals surface area contributed by atoms with Gasteiger partial charge in [-0.15, -0.1) is 0 Å². The molecule has 0 radical (unpaired) electrons. The van der Waals surface area contributed by atoms with Crippen LogP contribution < -0.4 is 20.1 Å². The van der Waals surface area contributed by atoms with E-state index in [0.29, 0.717) is 28.6 Å². The Labute approximate surface area is 201 Å². The third-order valence-electron chi connectivity index (χ3n) is 5.38. The monoisotopic (exact) mass is 466 g/mol. The Hall–Kier alpha value is -4.92. The van der Waals surface area contributed by atoms with Gasteiger partial charge in [-0.25, -0.2) is 9.67 Å². The number of hydrogen-bond acceptors (Lipinski definition) is 7. The molecule has 5 aromatic rings. The van der Waals surface area contributed by atoms with Gasteiger partial charge in [0, 0.05) is 23.1 Å². The maximum absolute atomic E-state index is 12.5. The number of amides is 1. The van der Waals surface area contributed by atoms with Crippen molar-refractivity contribution in [2.45, 2.75) is 0 Å². The Morgan fingerprint density at radius 1 is 0.800 bits per heavy atom. The van der Waals surface area contributed by atoms with Crippen LogP contribution in [0.15, 0.2) is 85.2 Å². The van der Waals surface area contributed by atoms with Gasteiger partial charge in [0.25, 0.3) is 5.91 Å². The first-order chi connectivity index (χ1) is 17.1. The number of carbonyl (C=O) groups is 1. The molecule has 0 unspecified atom stereocenters. The number of methoxy groups -OCH3 is 2. The molecule has 0 aliphatic rings. The molecule has 0 atom stereocenters. The molecule has 35 heavy (non-hydrogen) atoms. The van der Waals surface area contributed by atoms with Crippen molar-refractivity contribution in [2.24, 2.45) is 0 Å². The van der Waals surface area contributed by atoms with E-state index in [1.165, 1.54) is 0 Å². The van der Waals surface area contributed by atoms with Crippen LogP contribution in [0.25, 0.3) is 16.7 Å². The highest BCUT2D eigenvalue weighted by Gasteiger charge is 2.10. The zero-order chi connectivity index (χ0) is 24.2. The molecule has 0 fully saturated rings. The lowest BCUT2D eigenvalue weighted by Gasteiger charge is -2.09. The number of ether oxygens (including phenoxy) is 2. The first-order valence-electron chi connectivity index (χ1n) is 10.8. The maximum atomic E-state index is 12.5. The van der Waals surface area contributed by atoms with Crippen molar-refractivity contribution >= 4 is 34.3 Å². The molecule has 0 aliphatic heterocycles. The number of fused-ring (bicyclic) bond motifs is 1. The van der Waals surface area contributed by atoms with Crippen LogP contribution in [0, 0.1) is 0 Å². The fourth-order valence-electron chi connectivity index (χ4n) is 3.50. The molecular weight excluding hydrogens is 444 g/mol. The van der Waals surface area contributed by atoms with Crippen molar-refractivity contribution in [3.8, 4) is 17.2 Å². The predicted molar refractivity (Wildman–Crippen MR) is 134 cm³/mol. The molecule has 0 bridgehead atoms. The maximum Gasteiger partial charge on any atom is 0.255 e. The van der Waals surface area contributed by atoms with Crippen LogP contribution in [0.2, 0.25) is 0 Å². The number of rotatable bonds is 7. The van der Waals surface area contributed by atoms with Gasteiger partial charge in [0.1, 0.15) is 11.5 Å².